The highest BCUT2D eigenvalue weighted by Gasteiger charge is 2.32. The van der Waals surface area contributed by atoms with Gasteiger partial charge in [0.2, 0.25) is 27.8 Å². The highest BCUT2D eigenvalue weighted by Crippen LogP contribution is 2.31. The molecule has 2 N–H and O–H groups in total. The van der Waals surface area contributed by atoms with Crippen LogP contribution in [0, 0.1) is 0 Å². The molecule has 2 aromatic heterocycles. The van der Waals surface area contributed by atoms with Crippen molar-refractivity contribution < 1.29 is 31.2 Å². The van der Waals surface area contributed by atoms with Crippen molar-refractivity contribution in [3.05, 3.63) is 52.3 Å². The summed E-state index contributed by atoms with van der Waals surface area (Å²) in [5, 5.41) is 5.40. The van der Waals surface area contributed by atoms with Gasteiger partial charge in [-0.3, -0.25) is 19.5 Å². The van der Waals surface area contributed by atoms with Gasteiger partial charge in [-0.25, -0.2) is 36.3 Å². The van der Waals surface area contributed by atoms with Crippen LogP contribution in [0.25, 0.3) is 11.1 Å². The first-order valence-electron chi connectivity index (χ1n) is 15.6. The third kappa shape index (κ3) is 7.13. The van der Waals surface area contributed by atoms with Crippen molar-refractivity contribution in [2.24, 2.45) is 0 Å². The number of fused-ring (bicyclic) bond motifs is 1. The van der Waals surface area contributed by atoms with E-state index < -0.39 is 34.2 Å². The Kier molecular flexibility index (Phi) is 9.47. The Morgan fingerprint density at radius 2 is 1.72 bits per heavy atom. The number of carbonyl (C=O) groups is 2. The minimum absolute atomic E-state index is 0.0351. The lowest BCUT2D eigenvalue weighted by Gasteiger charge is -2.33. The van der Waals surface area contributed by atoms with E-state index in [1.807, 2.05) is 12.1 Å². The summed E-state index contributed by atoms with van der Waals surface area (Å²) in [6.45, 7) is 3.07. The molecule has 3 saturated heterocycles. The minimum atomic E-state index is -3.40. The van der Waals surface area contributed by atoms with Crippen LogP contribution < -0.4 is 16.4 Å². The molecule has 0 aliphatic carbocycles. The molecule has 3 fully saturated rings. The number of halogens is 2. The minimum Gasteiger partial charge on any atom is -0.408 e. The Labute approximate surface area is 264 Å². The standard InChI is InChI=1S/C30H37F2N7O6S/c31-27(32)21-17-33-29(34-18-21)35-22-8-13-38(14-9-22)46(43,44)15-1-10-37-11-6-19(7-12-37)20-2-3-23-25(16-20)45-30(42)39(23)24-4-5-26(40)36-28(24)41/h2-3,16-19,22,24,27H,1,4-15H2,(H,33,34,35)(H,36,40,41). The molecule has 13 nitrogen and oxygen atoms in total. The van der Waals surface area contributed by atoms with E-state index in [1.165, 1.54) is 8.87 Å². The topological polar surface area (TPSA) is 160 Å². The molecule has 16 heteroatoms. The quantitative estimate of drug-likeness (QED) is 0.310. The van der Waals surface area contributed by atoms with Crippen LogP contribution in [0.3, 0.4) is 0 Å². The van der Waals surface area contributed by atoms with E-state index in [4.69, 9.17) is 4.42 Å². The maximum Gasteiger partial charge on any atom is 0.420 e. The number of imide groups is 1. The van der Waals surface area contributed by atoms with Gasteiger partial charge in [0.15, 0.2) is 5.58 Å². The van der Waals surface area contributed by atoms with Crippen molar-refractivity contribution in [1.82, 2.24) is 29.1 Å². The van der Waals surface area contributed by atoms with Crippen LogP contribution in [0.5, 0.6) is 0 Å². The Morgan fingerprint density at radius 1 is 1.00 bits per heavy atom. The second-order valence-electron chi connectivity index (χ2n) is 12.2. The predicted octanol–water partition coefficient (Wildman–Crippen LogP) is 2.78. The first kappa shape index (κ1) is 32.2. The molecule has 1 atom stereocenters. The van der Waals surface area contributed by atoms with Gasteiger partial charge < -0.3 is 14.6 Å². The largest absolute Gasteiger partial charge is 0.420 e. The van der Waals surface area contributed by atoms with Gasteiger partial charge in [0.25, 0.3) is 6.43 Å². The second kappa shape index (κ2) is 13.5. The number of sulfonamides is 1. The third-order valence-electron chi connectivity index (χ3n) is 9.20. The van der Waals surface area contributed by atoms with Crippen LogP contribution in [-0.2, 0) is 19.6 Å². The Balaban J connectivity index is 0.946. The molecule has 1 unspecified atom stereocenters. The summed E-state index contributed by atoms with van der Waals surface area (Å²) in [6.07, 6.45) is 3.40. The van der Waals surface area contributed by atoms with Crippen LogP contribution in [0.4, 0.5) is 14.7 Å². The summed E-state index contributed by atoms with van der Waals surface area (Å²) in [5.74, 6) is -0.885. The summed E-state index contributed by atoms with van der Waals surface area (Å²) < 4.78 is 59.8. The molecular weight excluding hydrogens is 624 g/mol. The first-order chi connectivity index (χ1) is 22.1. The van der Waals surface area contributed by atoms with E-state index in [0.717, 1.165) is 43.9 Å². The molecule has 46 heavy (non-hydrogen) atoms. The molecule has 0 bridgehead atoms. The number of amides is 2. The molecule has 3 aromatic rings. The fourth-order valence-electron chi connectivity index (χ4n) is 6.61. The SMILES string of the molecule is O=C1CCC(n2c(=O)oc3cc(C4CCN(CCCS(=O)(=O)N5CCC(Nc6ncc(C(F)F)cn6)CC5)CC4)ccc32)C(=O)N1. The zero-order valence-corrected chi connectivity index (χ0v) is 26.1. The van der Waals surface area contributed by atoms with Gasteiger partial charge in [-0.05, 0) is 81.8 Å². The van der Waals surface area contributed by atoms with Gasteiger partial charge in [0.05, 0.1) is 16.8 Å². The lowest BCUT2D eigenvalue weighted by molar-refractivity contribution is -0.135. The fourth-order valence-corrected chi connectivity index (χ4v) is 8.13. The number of anilines is 1. The van der Waals surface area contributed by atoms with Gasteiger partial charge in [-0.1, -0.05) is 6.07 Å². The molecule has 3 aliphatic heterocycles. The first-order valence-corrected chi connectivity index (χ1v) is 17.2. The monoisotopic (exact) mass is 661 g/mol. The molecule has 248 valence electrons. The Hall–Kier alpha value is -3.76. The smallest absolute Gasteiger partial charge is 0.408 e. The van der Waals surface area contributed by atoms with E-state index in [2.05, 4.69) is 25.5 Å². The van der Waals surface area contributed by atoms with E-state index in [-0.39, 0.29) is 48.0 Å². The summed E-state index contributed by atoms with van der Waals surface area (Å²) in [4.78, 5) is 46.6. The van der Waals surface area contributed by atoms with E-state index in [1.54, 1.807) is 6.07 Å². The van der Waals surface area contributed by atoms with Gasteiger partial charge >= 0.3 is 5.76 Å². The lowest BCUT2D eigenvalue weighted by atomic mass is 9.89. The Bertz CT molecular complexity index is 1730. The summed E-state index contributed by atoms with van der Waals surface area (Å²) in [7, 11) is -3.40. The van der Waals surface area contributed by atoms with Crippen LogP contribution in [0.15, 0.2) is 39.8 Å². The number of carbonyl (C=O) groups excluding carboxylic acids is 2. The maximum atomic E-state index is 13.0. The van der Waals surface area contributed by atoms with Gasteiger partial charge in [0.1, 0.15) is 6.04 Å². The van der Waals surface area contributed by atoms with E-state index in [0.29, 0.717) is 50.0 Å². The zero-order chi connectivity index (χ0) is 32.4. The number of nitrogens with one attached hydrogen (secondary N) is 2. The maximum absolute atomic E-state index is 13.0. The van der Waals surface area contributed by atoms with Crippen LogP contribution in [0.2, 0.25) is 0 Å². The van der Waals surface area contributed by atoms with Crippen molar-refractivity contribution in [3.8, 4) is 0 Å². The van der Waals surface area contributed by atoms with Gasteiger partial charge in [-0.15, -0.1) is 0 Å². The van der Waals surface area contributed by atoms with Crippen molar-refractivity contribution in [2.45, 2.75) is 69.4 Å². The average Bonchev–Trinajstić information content (AvgIpc) is 3.36. The van der Waals surface area contributed by atoms with Crippen molar-refractivity contribution >= 4 is 38.9 Å². The lowest BCUT2D eigenvalue weighted by Crippen LogP contribution is -2.44. The van der Waals surface area contributed by atoms with Crippen molar-refractivity contribution in [2.75, 3.05) is 43.8 Å². The van der Waals surface area contributed by atoms with Gasteiger partial charge in [-0.2, -0.15) is 0 Å². The van der Waals surface area contributed by atoms with Crippen LogP contribution in [0.1, 0.15) is 74.5 Å². The number of hydrogen-bond donors (Lipinski definition) is 2. The summed E-state index contributed by atoms with van der Waals surface area (Å²) >= 11 is 0. The molecule has 3 aliphatic rings. The number of hydrogen-bond acceptors (Lipinski definition) is 10. The Morgan fingerprint density at radius 3 is 2.39 bits per heavy atom. The second-order valence-corrected chi connectivity index (χ2v) is 14.3. The number of oxazole rings is 1. The number of benzene rings is 1. The molecule has 2 amide bonds. The molecule has 5 heterocycles. The number of likely N-dealkylation sites (tertiary alicyclic amines) is 1. The molecule has 0 saturated carbocycles. The highest BCUT2D eigenvalue weighted by atomic mass is 32.2. The number of piperidine rings is 3. The molecule has 0 radical (unpaired) electrons. The van der Waals surface area contributed by atoms with E-state index in [9.17, 15) is 31.6 Å². The number of nitrogens with zero attached hydrogens (tertiary/aromatic N) is 5. The highest BCUT2D eigenvalue weighted by molar-refractivity contribution is 7.89. The molecular formula is C30H37F2N7O6S. The molecule has 1 aromatic carbocycles. The van der Waals surface area contributed by atoms with Crippen LogP contribution in [-0.4, -0.2) is 88.5 Å². The van der Waals surface area contributed by atoms with E-state index >= 15 is 0 Å². The van der Waals surface area contributed by atoms with Crippen molar-refractivity contribution in [3.63, 3.8) is 0 Å². The van der Waals surface area contributed by atoms with Crippen LogP contribution >= 0.6 is 0 Å². The predicted molar refractivity (Wildman–Crippen MR) is 164 cm³/mol. The third-order valence-corrected chi connectivity index (χ3v) is 11.2. The summed E-state index contributed by atoms with van der Waals surface area (Å²) in [6, 6.07) is 4.81. The molecule has 6 rings (SSSR count). The van der Waals surface area contributed by atoms with Crippen molar-refractivity contribution in [1.29, 1.82) is 0 Å². The fraction of sp³-hybridized carbons (Fsp3) is 0.567. The summed E-state index contributed by atoms with van der Waals surface area (Å²) in [5.41, 5.74) is 1.74. The number of aromatic nitrogens is 3. The molecule has 0 spiro atoms. The number of alkyl halides is 2. The zero-order valence-electron chi connectivity index (χ0n) is 25.2. The normalized spacial score (nSPS) is 21.2. The number of rotatable bonds is 10. The van der Waals surface area contributed by atoms with Gasteiger partial charge in [0, 0.05) is 37.9 Å². The average molecular weight is 662 g/mol.